The molecule has 21 heavy (non-hydrogen) atoms. The van der Waals surface area contributed by atoms with Crippen LogP contribution in [0.5, 0.6) is 0 Å². The van der Waals surface area contributed by atoms with Crippen molar-refractivity contribution in [2.75, 3.05) is 27.2 Å². The molecule has 0 radical (unpaired) electrons. The SMILES string of the molecule is COC1CCN(C(=O)N(C)C2(CC(=O)O)CCCCC2)C1. The summed E-state index contributed by atoms with van der Waals surface area (Å²) < 4.78 is 5.30. The number of hydrogen-bond acceptors (Lipinski definition) is 3. The lowest BCUT2D eigenvalue weighted by atomic mass is 9.78. The lowest BCUT2D eigenvalue weighted by Crippen LogP contribution is -2.55. The summed E-state index contributed by atoms with van der Waals surface area (Å²) in [5.74, 6) is -0.826. The number of hydrogen-bond donors (Lipinski definition) is 1. The molecule has 0 aromatic carbocycles. The molecular formula is C15H26N2O4. The van der Waals surface area contributed by atoms with E-state index in [4.69, 9.17) is 4.74 Å². The van der Waals surface area contributed by atoms with Crippen molar-refractivity contribution < 1.29 is 19.4 Å². The van der Waals surface area contributed by atoms with Crippen LogP contribution in [0.3, 0.4) is 0 Å². The molecule has 6 nitrogen and oxygen atoms in total. The van der Waals surface area contributed by atoms with Gasteiger partial charge in [-0.25, -0.2) is 4.79 Å². The predicted octanol–water partition coefficient (Wildman–Crippen LogP) is 1.94. The van der Waals surface area contributed by atoms with Crippen LogP contribution in [0.4, 0.5) is 4.79 Å². The summed E-state index contributed by atoms with van der Waals surface area (Å²) in [6.45, 7) is 1.29. The Kier molecular flexibility index (Phi) is 5.08. The predicted molar refractivity (Wildman–Crippen MR) is 78.2 cm³/mol. The molecule has 120 valence electrons. The summed E-state index contributed by atoms with van der Waals surface area (Å²) in [7, 11) is 3.42. The monoisotopic (exact) mass is 298 g/mol. The van der Waals surface area contributed by atoms with Crippen molar-refractivity contribution in [1.29, 1.82) is 0 Å². The molecule has 2 amide bonds. The van der Waals surface area contributed by atoms with Gasteiger partial charge in [-0.05, 0) is 19.3 Å². The number of amides is 2. The molecule has 0 aromatic rings. The number of carbonyl (C=O) groups is 2. The zero-order valence-electron chi connectivity index (χ0n) is 13.0. The number of urea groups is 1. The van der Waals surface area contributed by atoms with Gasteiger partial charge in [-0.15, -0.1) is 0 Å². The Hall–Kier alpha value is -1.30. The fourth-order valence-corrected chi connectivity index (χ4v) is 3.63. The van der Waals surface area contributed by atoms with Crippen molar-refractivity contribution in [1.82, 2.24) is 9.80 Å². The Balaban J connectivity index is 2.08. The fourth-order valence-electron chi connectivity index (χ4n) is 3.63. The second-order valence-electron chi connectivity index (χ2n) is 6.29. The third-order valence-electron chi connectivity index (χ3n) is 5.01. The highest BCUT2D eigenvalue weighted by Gasteiger charge is 2.42. The number of carboxylic acids is 1. The molecule has 0 bridgehead atoms. The van der Waals surface area contributed by atoms with Crippen LogP contribution < -0.4 is 0 Å². The zero-order chi connectivity index (χ0) is 15.5. The number of ether oxygens (including phenoxy) is 1. The topological polar surface area (TPSA) is 70.1 Å². The molecule has 2 aliphatic rings. The van der Waals surface area contributed by atoms with Crippen molar-refractivity contribution in [3.63, 3.8) is 0 Å². The van der Waals surface area contributed by atoms with Crippen molar-refractivity contribution >= 4 is 12.0 Å². The minimum atomic E-state index is -0.826. The van der Waals surface area contributed by atoms with E-state index in [-0.39, 0.29) is 18.6 Å². The number of methoxy groups -OCH3 is 1. The van der Waals surface area contributed by atoms with Crippen molar-refractivity contribution in [3.8, 4) is 0 Å². The fraction of sp³-hybridized carbons (Fsp3) is 0.867. The van der Waals surface area contributed by atoms with Crippen LogP contribution in [0.1, 0.15) is 44.9 Å². The van der Waals surface area contributed by atoms with Gasteiger partial charge in [-0.3, -0.25) is 4.79 Å². The van der Waals surface area contributed by atoms with Gasteiger partial charge in [-0.2, -0.15) is 0 Å². The maximum atomic E-state index is 12.7. The Morgan fingerprint density at radius 2 is 2.00 bits per heavy atom. The average Bonchev–Trinajstić information content (AvgIpc) is 2.95. The lowest BCUT2D eigenvalue weighted by Gasteiger charge is -2.45. The highest BCUT2D eigenvalue weighted by molar-refractivity contribution is 5.77. The average molecular weight is 298 g/mol. The van der Waals surface area contributed by atoms with Crippen molar-refractivity contribution in [2.45, 2.75) is 56.6 Å². The van der Waals surface area contributed by atoms with E-state index in [2.05, 4.69) is 0 Å². The van der Waals surface area contributed by atoms with E-state index in [9.17, 15) is 14.7 Å². The molecule has 1 unspecified atom stereocenters. The van der Waals surface area contributed by atoms with Gasteiger partial charge in [0, 0.05) is 27.2 Å². The first-order valence-corrected chi connectivity index (χ1v) is 7.76. The number of carboxylic acid groups (broad SMARTS) is 1. The highest BCUT2D eigenvalue weighted by atomic mass is 16.5. The van der Waals surface area contributed by atoms with Gasteiger partial charge in [0.25, 0.3) is 0 Å². The van der Waals surface area contributed by atoms with E-state index in [0.717, 1.165) is 38.5 Å². The van der Waals surface area contributed by atoms with Gasteiger partial charge in [-0.1, -0.05) is 19.3 Å². The molecule has 1 saturated heterocycles. The third kappa shape index (κ3) is 3.48. The van der Waals surface area contributed by atoms with Crippen molar-refractivity contribution in [3.05, 3.63) is 0 Å². The van der Waals surface area contributed by atoms with E-state index in [0.29, 0.717) is 13.1 Å². The van der Waals surface area contributed by atoms with E-state index >= 15 is 0 Å². The van der Waals surface area contributed by atoms with Crippen LogP contribution in [-0.2, 0) is 9.53 Å². The second kappa shape index (κ2) is 6.64. The molecule has 1 atom stereocenters. The summed E-state index contributed by atoms with van der Waals surface area (Å²) in [5, 5.41) is 9.24. The first-order chi connectivity index (χ1) is 9.98. The Morgan fingerprint density at radius 1 is 1.33 bits per heavy atom. The summed E-state index contributed by atoms with van der Waals surface area (Å²) in [6, 6.07) is -0.0577. The summed E-state index contributed by atoms with van der Waals surface area (Å²) in [4.78, 5) is 27.4. The smallest absolute Gasteiger partial charge is 0.320 e. The molecule has 0 aromatic heterocycles. The molecular weight excluding hydrogens is 272 g/mol. The highest BCUT2D eigenvalue weighted by Crippen LogP contribution is 2.36. The molecule has 1 aliphatic carbocycles. The number of nitrogens with zero attached hydrogens (tertiary/aromatic N) is 2. The molecule has 2 rings (SSSR count). The standard InChI is InChI=1S/C15H26N2O4/c1-16(14(20)17-9-6-12(11-17)21-2)15(10-13(18)19)7-4-3-5-8-15/h12H,3-11H2,1-2H3,(H,18,19). The maximum absolute atomic E-state index is 12.7. The van der Waals surface area contributed by atoms with Crippen LogP contribution in [0.25, 0.3) is 0 Å². The summed E-state index contributed by atoms with van der Waals surface area (Å²) in [5.41, 5.74) is -0.522. The number of likely N-dealkylation sites (tertiary alicyclic amines) is 1. The Labute approximate surface area is 126 Å². The lowest BCUT2D eigenvalue weighted by molar-refractivity contribution is -0.140. The quantitative estimate of drug-likeness (QED) is 0.861. The first kappa shape index (κ1) is 16.1. The molecule has 1 aliphatic heterocycles. The first-order valence-electron chi connectivity index (χ1n) is 7.76. The van der Waals surface area contributed by atoms with E-state index in [1.54, 1.807) is 24.0 Å². The second-order valence-corrected chi connectivity index (χ2v) is 6.29. The van der Waals surface area contributed by atoms with Gasteiger partial charge >= 0.3 is 12.0 Å². The van der Waals surface area contributed by atoms with E-state index < -0.39 is 11.5 Å². The number of carbonyl (C=O) groups excluding carboxylic acids is 1. The van der Waals surface area contributed by atoms with Crippen molar-refractivity contribution in [2.24, 2.45) is 0 Å². The Bertz CT molecular complexity index is 393. The van der Waals surface area contributed by atoms with Gasteiger partial charge in [0.1, 0.15) is 0 Å². The maximum Gasteiger partial charge on any atom is 0.320 e. The van der Waals surface area contributed by atoms with E-state index in [1.807, 2.05) is 0 Å². The molecule has 0 spiro atoms. The molecule has 6 heteroatoms. The summed E-state index contributed by atoms with van der Waals surface area (Å²) >= 11 is 0. The van der Waals surface area contributed by atoms with Crippen LogP contribution in [0.2, 0.25) is 0 Å². The largest absolute Gasteiger partial charge is 0.481 e. The number of rotatable bonds is 4. The van der Waals surface area contributed by atoms with Crippen LogP contribution in [0, 0.1) is 0 Å². The number of aliphatic carboxylic acids is 1. The summed E-state index contributed by atoms with van der Waals surface area (Å²) in [6.07, 6.45) is 5.66. The van der Waals surface area contributed by atoms with Gasteiger partial charge in [0.15, 0.2) is 0 Å². The molecule has 1 heterocycles. The van der Waals surface area contributed by atoms with Crippen LogP contribution >= 0.6 is 0 Å². The molecule has 1 N–H and O–H groups in total. The third-order valence-corrected chi connectivity index (χ3v) is 5.01. The van der Waals surface area contributed by atoms with Gasteiger partial charge in [0.05, 0.1) is 18.1 Å². The van der Waals surface area contributed by atoms with Gasteiger partial charge < -0.3 is 19.6 Å². The normalized spacial score (nSPS) is 24.9. The van der Waals surface area contributed by atoms with E-state index in [1.165, 1.54) is 0 Å². The minimum absolute atomic E-state index is 0.0385. The van der Waals surface area contributed by atoms with Crippen LogP contribution in [-0.4, -0.2) is 65.8 Å². The van der Waals surface area contributed by atoms with Gasteiger partial charge in [0.2, 0.25) is 0 Å². The minimum Gasteiger partial charge on any atom is -0.481 e. The molecule has 1 saturated carbocycles. The molecule has 2 fully saturated rings. The zero-order valence-corrected chi connectivity index (χ0v) is 13.0. The Morgan fingerprint density at radius 3 is 2.52 bits per heavy atom. The van der Waals surface area contributed by atoms with Crippen LogP contribution in [0.15, 0.2) is 0 Å².